The van der Waals surface area contributed by atoms with Crippen molar-refractivity contribution < 1.29 is 0 Å². The van der Waals surface area contributed by atoms with Crippen LogP contribution in [0.3, 0.4) is 0 Å². The van der Waals surface area contributed by atoms with Gasteiger partial charge in [0.05, 0.1) is 22.4 Å². The molecule has 0 amide bonds. The molecule has 0 bridgehead atoms. The first-order chi connectivity index (χ1) is 10.7. The average Bonchev–Trinajstić information content (AvgIpc) is 3.15. The van der Waals surface area contributed by atoms with Gasteiger partial charge in [0.15, 0.2) is 0 Å². The molecule has 3 heterocycles. The maximum Gasteiger partial charge on any atom is 0.112 e. The van der Waals surface area contributed by atoms with Gasteiger partial charge in [-0.3, -0.25) is 4.98 Å². The van der Waals surface area contributed by atoms with Crippen LogP contribution in [-0.2, 0) is 19.4 Å². The summed E-state index contributed by atoms with van der Waals surface area (Å²) in [6.45, 7) is 5.72. The van der Waals surface area contributed by atoms with Gasteiger partial charge in [0, 0.05) is 22.1 Å². The van der Waals surface area contributed by atoms with Crippen LogP contribution < -0.4 is 11.1 Å². The minimum atomic E-state index is 0.677. The number of aromatic nitrogens is 2. The van der Waals surface area contributed by atoms with Gasteiger partial charge in [0.1, 0.15) is 5.01 Å². The molecule has 0 spiro atoms. The average molecular weight is 332 g/mol. The number of nitrogens with two attached hydrogens (primary N) is 1. The number of nitrogens with one attached hydrogen (secondary N) is 1. The Kier molecular flexibility index (Phi) is 4.71. The van der Waals surface area contributed by atoms with Crippen molar-refractivity contribution in [3.05, 3.63) is 38.8 Å². The normalized spacial score (nSPS) is 11.2. The van der Waals surface area contributed by atoms with Gasteiger partial charge < -0.3 is 11.1 Å². The highest BCUT2D eigenvalue weighted by Gasteiger charge is 2.14. The third kappa shape index (κ3) is 2.99. The Morgan fingerprint density at radius 2 is 2.23 bits per heavy atom. The highest BCUT2D eigenvalue weighted by molar-refractivity contribution is 7.19. The second-order valence-corrected chi connectivity index (χ2v) is 7.25. The zero-order valence-electron chi connectivity index (χ0n) is 12.8. The number of hydrogen-bond acceptors (Lipinski definition) is 6. The number of nitrogens with zero attached hydrogens (tertiary/aromatic N) is 2. The van der Waals surface area contributed by atoms with Gasteiger partial charge in [-0.25, -0.2) is 4.98 Å². The first kappa shape index (κ1) is 15.4. The van der Waals surface area contributed by atoms with Crippen LogP contribution in [0.15, 0.2) is 17.6 Å². The third-order valence-corrected chi connectivity index (χ3v) is 5.83. The van der Waals surface area contributed by atoms with Crippen LogP contribution >= 0.6 is 22.7 Å². The molecule has 116 valence electrons. The summed E-state index contributed by atoms with van der Waals surface area (Å²) in [4.78, 5) is 10.5. The number of rotatable bonds is 6. The molecule has 0 saturated carbocycles. The Bertz CT molecular complexity index is 762. The molecule has 22 heavy (non-hydrogen) atoms. The van der Waals surface area contributed by atoms with Crippen molar-refractivity contribution >= 4 is 38.6 Å². The number of thiophene rings is 1. The largest absolute Gasteiger partial charge is 0.377 e. The molecule has 0 atom stereocenters. The predicted octanol–water partition coefficient (Wildman–Crippen LogP) is 3.74. The lowest BCUT2D eigenvalue weighted by atomic mass is 10.1. The zero-order chi connectivity index (χ0) is 15.5. The van der Waals surface area contributed by atoms with E-state index in [1.807, 2.05) is 22.9 Å². The number of hydrogen-bond donors (Lipinski definition) is 2. The fourth-order valence-electron chi connectivity index (χ4n) is 2.47. The highest BCUT2D eigenvalue weighted by atomic mass is 32.1. The second-order valence-electron chi connectivity index (χ2n) is 5.16. The van der Waals surface area contributed by atoms with Crippen LogP contribution in [-0.4, -0.2) is 16.5 Å². The lowest BCUT2D eigenvalue weighted by molar-refractivity contribution is 0.979. The van der Waals surface area contributed by atoms with E-state index < -0.39 is 0 Å². The molecule has 3 rings (SSSR count). The summed E-state index contributed by atoms with van der Waals surface area (Å²) in [5.74, 6) is 0. The van der Waals surface area contributed by atoms with Crippen LogP contribution in [0.5, 0.6) is 0 Å². The quantitative estimate of drug-likeness (QED) is 0.722. The Hall–Kier alpha value is -1.50. The number of aryl methyl sites for hydroxylation is 2. The van der Waals surface area contributed by atoms with E-state index in [4.69, 9.17) is 10.7 Å². The Balaban J connectivity index is 2.00. The van der Waals surface area contributed by atoms with Gasteiger partial charge in [-0.2, -0.15) is 0 Å². The van der Waals surface area contributed by atoms with E-state index in [0.717, 1.165) is 41.3 Å². The molecular weight excluding hydrogens is 312 g/mol. The van der Waals surface area contributed by atoms with Crippen LogP contribution in [0.4, 0.5) is 5.69 Å². The predicted molar refractivity (Wildman–Crippen MR) is 95.9 cm³/mol. The molecule has 0 fully saturated rings. The van der Waals surface area contributed by atoms with Crippen molar-refractivity contribution in [3.63, 3.8) is 0 Å². The first-order valence-electron chi connectivity index (χ1n) is 7.47. The van der Waals surface area contributed by atoms with E-state index >= 15 is 0 Å². The molecule has 4 nitrogen and oxygen atoms in total. The minimum Gasteiger partial charge on any atom is -0.377 e. The standard InChI is InChI=1S/C16H20N4S2/c1-3-11-8-12(19-9-14-18-6-7-21-14)16-15(20-11)10(2)13(22-16)4-5-17/h6-8H,3-5,9,17H2,1-2H3,(H,19,20). The molecule has 0 aliphatic heterocycles. The molecule has 0 radical (unpaired) electrons. The van der Waals surface area contributed by atoms with E-state index in [1.165, 1.54) is 15.1 Å². The van der Waals surface area contributed by atoms with E-state index in [1.54, 1.807) is 11.3 Å². The molecule has 0 unspecified atom stereocenters. The number of anilines is 1. The van der Waals surface area contributed by atoms with Crippen molar-refractivity contribution in [2.45, 2.75) is 33.2 Å². The SMILES string of the molecule is CCc1cc(NCc2nccs2)c2sc(CCN)c(C)c2n1. The van der Waals surface area contributed by atoms with Crippen LogP contribution in [0, 0.1) is 6.92 Å². The summed E-state index contributed by atoms with van der Waals surface area (Å²) >= 11 is 3.48. The van der Waals surface area contributed by atoms with E-state index in [0.29, 0.717) is 6.54 Å². The lowest BCUT2D eigenvalue weighted by Crippen LogP contribution is -2.02. The van der Waals surface area contributed by atoms with Crippen molar-refractivity contribution in [1.29, 1.82) is 0 Å². The van der Waals surface area contributed by atoms with Crippen molar-refractivity contribution in [1.82, 2.24) is 9.97 Å². The van der Waals surface area contributed by atoms with Crippen LogP contribution in [0.25, 0.3) is 10.2 Å². The molecule has 0 aliphatic carbocycles. The highest BCUT2D eigenvalue weighted by Crippen LogP contribution is 2.36. The van der Waals surface area contributed by atoms with E-state index in [2.05, 4.69) is 30.2 Å². The summed E-state index contributed by atoms with van der Waals surface area (Å²) in [6, 6.07) is 2.16. The van der Waals surface area contributed by atoms with Crippen LogP contribution in [0.2, 0.25) is 0 Å². The molecular formula is C16H20N4S2. The Morgan fingerprint density at radius 3 is 2.91 bits per heavy atom. The molecule has 0 saturated heterocycles. The van der Waals surface area contributed by atoms with Gasteiger partial charge in [0.2, 0.25) is 0 Å². The van der Waals surface area contributed by atoms with E-state index in [-0.39, 0.29) is 0 Å². The Labute approximate surface area is 138 Å². The molecule has 3 N–H and O–H groups in total. The summed E-state index contributed by atoms with van der Waals surface area (Å²) in [5.41, 5.74) is 10.4. The summed E-state index contributed by atoms with van der Waals surface area (Å²) < 4.78 is 1.23. The summed E-state index contributed by atoms with van der Waals surface area (Å²) in [5, 5.41) is 6.64. The number of thiazole rings is 1. The topological polar surface area (TPSA) is 63.8 Å². The van der Waals surface area contributed by atoms with Crippen molar-refractivity contribution in [2.24, 2.45) is 5.73 Å². The van der Waals surface area contributed by atoms with E-state index in [9.17, 15) is 0 Å². The minimum absolute atomic E-state index is 0.677. The molecule has 0 aromatic carbocycles. The number of pyridine rings is 1. The maximum absolute atomic E-state index is 5.73. The van der Waals surface area contributed by atoms with Crippen LogP contribution in [0.1, 0.15) is 28.1 Å². The zero-order valence-corrected chi connectivity index (χ0v) is 14.5. The van der Waals surface area contributed by atoms with Gasteiger partial charge in [-0.05, 0) is 37.9 Å². The van der Waals surface area contributed by atoms with Gasteiger partial charge in [0.25, 0.3) is 0 Å². The number of fused-ring (bicyclic) bond motifs is 1. The summed E-state index contributed by atoms with van der Waals surface area (Å²) in [6.07, 6.45) is 3.69. The van der Waals surface area contributed by atoms with Gasteiger partial charge in [-0.1, -0.05) is 6.92 Å². The van der Waals surface area contributed by atoms with Crippen molar-refractivity contribution in [2.75, 3.05) is 11.9 Å². The lowest BCUT2D eigenvalue weighted by Gasteiger charge is -2.08. The van der Waals surface area contributed by atoms with Crippen molar-refractivity contribution in [3.8, 4) is 0 Å². The maximum atomic E-state index is 5.73. The van der Waals surface area contributed by atoms with Gasteiger partial charge >= 0.3 is 0 Å². The monoisotopic (exact) mass is 332 g/mol. The second kappa shape index (κ2) is 6.73. The fraction of sp³-hybridized carbons (Fsp3) is 0.375. The van der Waals surface area contributed by atoms with Gasteiger partial charge in [-0.15, -0.1) is 22.7 Å². The molecule has 3 aromatic rings. The third-order valence-electron chi connectivity index (χ3n) is 3.67. The molecule has 3 aromatic heterocycles. The first-order valence-corrected chi connectivity index (χ1v) is 9.16. The molecule has 6 heteroatoms. The fourth-order valence-corrected chi connectivity index (χ4v) is 4.28. The summed E-state index contributed by atoms with van der Waals surface area (Å²) in [7, 11) is 0. The molecule has 0 aliphatic rings. The Morgan fingerprint density at radius 1 is 1.36 bits per heavy atom. The smallest absolute Gasteiger partial charge is 0.112 e.